The molecule has 0 saturated heterocycles. The number of aryl methyl sites for hydroxylation is 1. The number of methoxy groups -OCH3 is 2. The number of nitrogens with zero attached hydrogens (tertiary/aromatic N) is 1. The molecule has 1 aromatic carbocycles. The minimum Gasteiger partial charge on any atom is -0.481 e. The summed E-state index contributed by atoms with van der Waals surface area (Å²) < 4.78 is 10.2. The summed E-state index contributed by atoms with van der Waals surface area (Å²) in [6.07, 6.45) is 1.82. The molecule has 0 radical (unpaired) electrons. The third kappa shape index (κ3) is 2.68. The van der Waals surface area contributed by atoms with Crippen LogP contribution in [-0.4, -0.2) is 19.2 Å². The van der Waals surface area contributed by atoms with Crippen LogP contribution in [0.4, 0.5) is 0 Å². The summed E-state index contributed by atoms with van der Waals surface area (Å²) in [5, 5.41) is 0. The van der Waals surface area contributed by atoms with Crippen molar-refractivity contribution in [3.63, 3.8) is 0 Å². The highest BCUT2D eigenvalue weighted by Crippen LogP contribution is 2.23. The lowest BCUT2D eigenvalue weighted by atomic mass is 10.0. The Morgan fingerprint density at radius 1 is 1.06 bits per heavy atom. The molecule has 0 atom stereocenters. The van der Waals surface area contributed by atoms with Gasteiger partial charge in [0.15, 0.2) is 0 Å². The smallest absolute Gasteiger partial charge is 0.212 e. The Morgan fingerprint density at radius 2 is 1.83 bits per heavy atom. The van der Waals surface area contributed by atoms with Crippen LogP contribution in [0.1, 0.15) is 11.1 Å². The van der Waals surface area contributed by atoms with Crippen molar-refractivity contribution in [1.82, 2.24) is 4.98 Å². The fraction of sp³-hybridized carbons (Fsp3) is 0.267. The van der Waals surface area contributed by atoms with Crippen molar-refractivity contribution in [3.8, 4) is 17.0 Å². The van der Waals surface area contributed by atoms with Crippen molar-refractivity contribution in [2.75, 3.05) is 14.2 Å². The average Bonchev–Trinajstić information content (AvgIpc) is 2.41. The Bertz CT molecular complexity index is 521. The first-order chi connectivity index (χ1) is 8.74. The molecular formula is C15H17NO2. The van der Waals surface area contributed by atoms with E-state index in [9.17, 15) is 0 Å². The summed E-state index contributed by atoms with van der Waals surface area (Å²) in [6.45, 7) is 2.74. The Kier molecular flexibility index (Phi) is 3.95. The highest BCUT2D eigenvalue weighted by molar-refractivity contribution is 5.64. The molecule has 3 heteroatoms. The molecular weight excluding hydrogens is 226 g/mol. The number of hydrogen-bond acceptors (Lipinski definition) is 3. The number of pyridine rings is 1. The Hall–Kier alpha value is -1.87. The van der Waals surface area contributed by atoms with Gasteiger partial charge in [-0.25, -0.2) is 4.98 Å². The van der Waals surface area contributed by atoms with Crippen LogP contribution in [0.15, 0.2) is 36.5 Å². The molecule has 0 aliphatic carbocycles. The van der Waals surface area contributed by atoms with Crippen LogP contribution in [0, 0.1) is 6.92 Å². The standard InChI is InChI=1S/C15H17NO2/c1-11-8-12(4-5-14(11)10-17-2)13-6-7-15(18-3)16-9-13/h4-9H,10H2,1-3H3. The fourth-order valence-electron chi connectivity index (χ4n) is 1.86. The van der Waals surface area contributed by atoms with Crippen LogP contribution in [0.5, 0.6) is 5.88 Å². The van der Waals surface area contributed by atoms with Gasteiger partial charge in [0.05, 0.1) is 13.7 Å². The quantitative estimate of drug-likeness (QED) is 0.826. The van der Waals surface area contributed by atoms with Crippen LogP contribution in [0.3, 0.4) is 0 Å². The van der Waals surface area contributed by atoms with Gasteiger partial charge >= 0.3 is 0 Å². The molecule has 2 aromatic rings. The number of hydrogen-bond donors (Lipinski definition) is 0. The van der Waals surface area contributed by atoms with Crippen molar-refractivity contribution < 1.29 is 9.47 Å². The van der Waals surface area contributed by atoms with E-state index in [4.69, 9.17) is 9.47 Å². The first-order valence-electron chi connectivity index (χ1n) is 5.83. The zero-order valence-electron chi connectivity index (χ0n) is 10.9. The van der Waals surface area contributed by atoms with Gasteiger partial charge in [0.2, 0.25) is 5.88 Å². The maximum atomic E-state index is 5.16. The molecule has 0 N–H and O–H groups in total. The van der Waals surface area contributed by atoms with Crippen molar-refractivity contribution in [2.45, 2.75) is 13.5 Å². The normalized spacial score (nSPS) is 10.4. The van der Waals surface area contributed by atoms with Gasteiger partial charge < -0.3 is 9.47 Å². The van der Waals surface area contributed by atoms with E-state index in [1.54, 1.807) is 14.2 Å². The second-order valence-electron chi connectivity index (χ2n) is 4.16. The van der Waals surface area contributed by atoms with Crippen molar-refractivity contribution in [3.05, 3.63) is 47.7 Å². The molecule has 1 aromatic heterocycles. The summed E-state index contributed by atoms with van der Waals surface area (Å²) in [7, 11) is 3.33. The highest BCUT2D eigenvalue weighted by Gasteiger charge is 2.03. The predicted molar refractivity (Wildman–Crippen MR) is 71.7 cm³/mol. The lowest BCUT2D eigenvalue weighted by Gasteiger charge is -2.08. The molecule has 0 bridgehead atoms. The second-order valence-corrected chi connectivity index (χ2v) is 4.16. The molecule has 2 rings (SSSR count). The Morgan fingerprint density at radius 3 is 2.39 bits per heavy atom. The summed E-state index contributed by atoms with van der Waals surface area (Å²) >= 11 is 0. The lowest BCUT2D eigenvalue weighted by Crippen LogP contribution is -1.92. The lowest BCUT2D eigenvalue weighted by molar-refractivity contribution is 0.184. The molecule has 0 unspecified atom stereocenters. The average molecular weight is 243 g/mol. The van der Waals surface area contributed by atoms with E-state index in [1.165, 1.54) is 11.1 Å². The van der Waals surface area contributed by atoms with Gasteiger partial charge in [-0.1, -0.05) is 18.2 Å². The van der Waals surface area contributed by atoms with Crippen LogP contribution >= 0.6 is 0 Å². The zero-order chi connectivity index (χ0) is 13.0. The SMILES string of the molecule is COCc1ccc(-c2ccc(OC)nc2)cc1C. The minimum atomic E-state index is 0.631. The second kappa shape index (κ2) is 5.65. The predicted octanol–water partition coefficient (Wildman–Crippen LogP) is 3.21. The third-order valence-electron chi connectivity index (χ3n) is 2.92. The van der Waals surface area contributed by atoms with Crippen LogP contribution in [0.25, 0.3) is 11.1 Å². The van der Waals surface area contributed by atoms with Crippen LogP contribution < -0.4 is 4.74 Å². The van der Waals surface area contributed by atoms with E-state index in [0.717, 1.165) is 11.1 Å². The summed E-state index contributed by atoms with van der Waals surface area (Å²) in [5.74, 6) is 0.631. The molecule has 0 spiro atoms. The number of ether oxygens (including phenoxy) is 2. The van der Waals surface area contributed by atoms with Gasteiger partial charge in [-0.2, -0.15) is 0 Å². The fourth-order valence-corrected chi connectivity index (χ4v) is 1.86. The van der Waals surface area contributed by atoms with Crippen molar-refractivity contribution in [2.24, 2.45) is 0 Å². The Balaban J connectivity index is 2.30. The van der Waals surface area contributed by atoms with Gasteiger partial charge in [0.25, 0.3) is 0 Å². The van der Waals surface area contributed by atoms with Gasteiger partial charge in [0, 0.05) is 24.9 Å². The third-order valence-corrected chi connectivity index (χ3v) is 2.92. The first-order valence-corrected chi connectivity index (χ1v) is 5.83. The first kappa shape index (κ1) is 12.6. The minimum absolute atomic E-state index is 0.631. The molecule has 3 nitrogen and oxygen atoms in total. The van der Waals surface area contributed by atoms with Crippen molar-refractivity contribution in [1.29, 1.82) is 0 Å². The van der Waals surface area contributed by atoms with E-state index in [0.29, 0.717) is 12.5 Å². The van der Waals surface area contributed by atoms with Gasteiger partial charge in [0.1, 0.15) is 0 Å². The van der Waals surface area contributed by atoms with E-state index in [2.05, 4.69) is 30.1 Å². The van der Waals surface area contributed by atoms with E-state index < -0.39 is 0 Å². The topological polar surface area (TPSA) is 31.4 Å². The van der Waals surface area contributed by atoms with Crippen LogP contribution in [-0.2, 0) is 11.3 Å². The summed E-state index contributed by atoms with van der Waals surface area (Å²) in [6, 6.07) is 10.2. The number of aromatic nitrogens is 1. The highest BCUT2D eigenvalue weighted by atomic mass is 16.5. The monoisotopic (exact) mass is 243 g/mol. The molecule has 0 fully saturated rings. The molecule has 94 valence electrons. The molecule has 1 heterocycles. The molecule has 0 saturated carbocycles. The summed E-state index contributed by atoms with van der Waals surface area (Å²) in [5.41, 5.74) is 4.68. The van der Waals surface area contributed by atoms with E-state index in [1.807, 2.05) is 18.3 Å². The van der Waals surface area contributed by atoms with Gasteiger partial charge in [-0.05, 0) is 29.7 Å². The van der Waals surface area contributed by atoms with Crippen LogP contribution in [0.2, 0.25) is 0 Å². The van der Waals surface area contributed by atoms with E-state index >= 15 is 0 Å². The molecule has 0 amide bonds. The summed E-state index contributed by atoms with van der Waals surface area (Å²) in [4.78, 5) is 4.22. The largest absolute Gasteiger partial charge is 0.481 e. The maximum absolute atomic E-state index is 5.16. The Labute approximate surface area is 107 Å². The molecule has 0 aliphatic rings. The van der Waals surface area contributed by atoms with Crippen molar-refractivity contribution >= 4 is 0 Å². The maximum Gasteiger partial charge on any atom is 0.212 e. The van der Waals surface area contributed by atoms with E-state index in [-0.39, 0.29) is 0 Å². The number of benzene rings is 1. The molecule has 18 heavy (non-hydrogen) atoms. The van der Waals surface area contributed by atoms with Gasteiger partial charge in [-0.15, -0.1) is 0 Å². The van der Waals surface area contributed by atoms with Gasteiger partial charge in [-0.3, -0.25) is 0 Å². The molecule has 0 aliphatic heterocycles. The number of rotatable bonds is 4. The zero-order valence-corrected chi connectivity index (χ0v) is 10.9.